The van der Waals surface area contributed by atoms with Gasteiger partial charge < -0.3 is 24.8 Å². The summed E-state index contributed by atoms with van der Waals surface area (Å²) in [5.74, 6) is -2.28. The van der Waals surface area contributed by atoms with Crippen LogP contribution in [-0.2, 0) is 14.3 Å². The molecule has 2 aliphatic heterocycles. The molecule has 6 heteroatoms. The zero-order valence-electron chi connectivity index (χ0n) is 18.0. The molecule has 3 N–H and O–H groups in total. The van der Waals surface area contributed by atoms with Gasteiger partial charge in [-0.25, -0.2) is 0 Å². The molecular formula is C23H38O6. The summed E-state index contributed by atoms with van der Waals surface area (Å²) in [5.41, 5.74) is -0.841. The molecule has 0 aromatic rings. The first-order valence-electron chi connectivity index (χ1n) is 10.9. The molecule has 0 amide bonds. The fourth-order valence-corrected chi connectivity index (χ4v) is 4.25. The highest BCUT2D eigenvalue weighted by atomic mass is 16.6. The number of hydrogen-bond donors (Lipinski definition) is 3. The van der Waals surface area contributed by atoms with Crippen LogP contribution in [-0.4, -0.2) is 51.0 Å². The summed E-state index contributed by atoms with van der Waals surface area (Å²) in [6.07, 6.45) is 10.4. The Labute approximate surface area is 174 Å². The van der Waals surface area contributed by atoms with Crippen LogP contribution >= 0.6 is 0 Å². The lowest BCUT2D eigenvalue weighted by Crippen LogP contribution is -2.49. The second-order valence-corrected chi connectivity index (χ2v) is 9.01. The number of cyclic esters (lactones) is 1. The van der Waals surface area contributed by atoms with Crippen molar-refractivity contribution in [3.05, 3.63) is 24.3 Å². The van der Waals surface area contributed by atoms with Crippen LogP contribution in [0.15, 0.2) is 24.3 Å². The number of hydrogen-bond acceptors (Lipinski definition) is 6. The van der Waals surface area contributed by atoms with E-state index in [0.29, 0.717) is 38.5 Å². The molecule has 0 unspecified atom stereocenters. The van der Waals surface area contributed by atoms with Gasteiger partial charge in [0.25, 0.3) is 0 Å². The monoisotopic (exact) mass is 410 g/mol. The molecule has 6 atom stereocenters. The van der Waals surface area contributed by atoms with Crippen molar-refractivity contribution >= 4 is 5.97 Å². The van der Waals surface area contributed by atoms with Gasteiger partial charge >= 0.3 is 5.97 Å². The van der Waals surface area contributed by atoms with Gasteiger partial charge in [-0.1, -0.05) is 38.2 Å². The second kappa shape index (κ2) is 10.7. The van der Waals surface area contributed by atoms with Gasteiger partial charge in [0, 0.05) is 12.8 Å². The lowest BCUT2D eigenvalue weighted by atomic mass is 9.84. The molecule has 29 heavy (non-hydrogen) atoms. The topological polar surface area (TPSA) is 96.2 Å². The number of aliphatic hydroxyl groups is 3. The summed E-state index contributed by atoms with van der Waals surface area (Å²) < 4.78 is 11.5. The zero-order valence-corrected chi connectivity index (χ0v) is 18.0. The number of aliphatic hydroxyl groups excluding tert-OH is 2. The van der Waals surface area contributed by atoms with Gasteiger partial charge in [-0.3, -0.25) is 4.79 Å². The van der Waals surface area contributed by atoms with Gasteiger partial charge in [-0.05, 0) is 51.4 Å². The number of rotatable bonds is 5. The van der Waals surface area contributed by atoms with Crippen molar-refractivity contribution < 1.29 is 29.6 Å². The van der Waals surface area contributed by atoms with E-state index in [1.54, 1.807) is 0 Å². The average Bonchev–Trinajstić information content (AvgIpc) is 2.60. The SMILES string of the molecule is CC/C=C/C=C/CC[C@]1(C)C[C@H](O)[C@H](C)CC[C@H]2C[C@@H](O)C[C@@](O)(CC(=O)O1)O2. The van der Waals surface area contributed by atoms with Gasteiger partial charge in [-0.15, -0.1) is 0 Å². The van der Waals surface area contributed by atoms with Crippen LogP contribution in [0.4, 0.5) is 0 Å². The Morgan fingerprint density at radius 2 is 1.90 bits per heavy atom. The van der Waals surface area contributed by atoms with E-state index in [0.717, 1.165) is 6.42 Å². The van der Waals surface area contributed by atoms with Crippen LogP contribution in [0.2, 0.25) is 0 Å². The molecule has 2 fully saturated rings. The molecule has 2 saturated heterocycles. The highest BCUT2D eigenvalue weighted by Crippen LogP contribution is 2.36. The highest BCUT2D eigenvalue weighted by molar-refractivity contribution is 5.71. The smallest absolute Gasteiger partial charge is 0.311 e. The largest absolute Gasteiger partial charge is 0.459 e. The first kappa shape index (κ1) is 24.1. The van der Waals surface area contributed by atoms with Gasteiger partial charge in [0.05, 0.1) is 24.7 Å². The number of esters is 1. The number of carbonyl (C=O) groups is 1. The third-order valence-corrected chi connectivity index (χ3v) is 5.96. The van der Waals surface area contributed by atoms with Gasteiger partial charge in [-0.2, -0.15) is 0 Å². The summed E-state index contributed by atoms with van der Waals surface area (Å²) in [4.78, 5) is 12.6. The van der Waals surface area contributed by atoms with Crippen LogP contribution < -0.4 is 0 Å². The van der Waals surface area contributed by atoms with Crippen molar-refractivity contribution in [2.75, 3.05) is 0 Å². The molecular weight excluding hydrogens is 372 g/mol. The quantitative estimate of drug-likeness (QED) is 0.475. The molecule has 2 heterocycles. The van der Waals surface area contributed by atoms with E-state index in [2.05, 4.69) is 13.0 Å². The normalized spacial score (nSPS) is 39.9. The van der Waals surface area contributed by atoms with E-state index < -0.39 is 29.6 Å². The fourth-order valence-electron chi connectivity index (χ4n) is 4.25. The summed E-state index contributed by atoms with van der Waals surface area (Å²) in [7, 11) is 0. The molecule has 0 spiro atoms. The van der Waals surface area contributed by atoms with Crippen LogP contribution in [0.5, 0.6) is 0 Å². The molecule has 166 valence electrons. The number of allylic oxidation sites excluding steroid dienone is 4. The molecule has 0 aromatic heterocycles. The minimum Gasteiger partial charge on any atom is -0.459 e. The van der Waals surface area contributed by atoms with Crippen LogP contribution in [0.25, 0.3) is 0 Å². The Morgan fingerprint density at radius 1 is 1.17 bits per heavy atom. The van der Waals surface area contributed by atoms with Crippen molar-refractivity contribution in [2.45, 2.75) is 108 Å². The van der Waals surface area contributed by atoms with Gasteiger partial charge in [0.1, 0.15) is 5.60 Å². The predicted molar refractivity (Wildman–Crippen MR) is 111 cm³/mol. The van der Waals surface area contributed by atoms with Crippen molar-refractivity contribution in [1.82, 2.24) is 0 Å². The van der Waals surface area contributed by atoms with Crippen molar-refractivity contribution in [1.29, 1.82) is 0 Å². The molecule has 0 aliphatic carbocycles. The number of fused-ring (bicyclic) bond motifs is 2. The summed E-state index contributed by atoms with van der Waals surface area (Å²) >= 11 is 0. The minimum atomic E-state index is -1.70. The standard InChI is InChI=1S/C23H38O6/c1-4-5-6-7-8-9-12-22(3)15-20(25)17(2)10-11-19-13-18(24)14-23(27,28-19)16-21(26)29-22/h5-8,17-20,24-25,27H,4,9-16H2,1-3H3/b6-5+,8-7+/t17-,18-,19+,20+,22-,23+/m1/s1. The molecule has 2 aliphatic rings. The Bertz CT molecular complexity index is 588. The van der Waals surface area contributed by atoms with Crippen molar-refractivity contribution in [3.63, 3.8) is 0 Å². The zero-order chi connectivity index (χ0) is 21.5. The fraction of sp³-hybridized carbons (Fsp3) is 0.783. The average molecular weight is 411 g/mol. The maximum atomic E-state index is 12.6. The number of carbonyl (C=O) groups excluding carboxylic acids is 1. The Kier molecular flexibility index (Phi) is 8.89. The van der Waals surface area contributed by atoms with Gasteiger partial charge in [0.2, 0.25) is 0 Å². The molecule has 2 rings (SSSR count). The molecule has 2 bridgehead atoms. The minimum absolute atomic E-state index is 0.00000603. The summed E-state index contributed by atoms with van der Waals surface area (Å²) in [5, 5.41) is 31.6. The first-order chi connectivity index (χ1) is 13.6. The summed E-state index contributed by atoms with van der Waals surface area (Å²) in [6, 6.07) is 0. The Balaban J connectivity index is 2.13. The highest BCUT2D eigenvalue weighted by Gasteiger charge is 2.44. The van der Waals surface area contributed by atoms with Crippen LogP contribution in [0, 0.1) is 5.92 Å². The molecule has 0 saturated carbocycles. The third kappa shape index (κ3) is 7.85. The van der Waals surface area contributed by atoms with E-state index >= 15 is 0 Å². The molecule has 0 radical (unpaired) electrons. The van der Waals surface area contributed by atoms with Crippen LogP contribution in [0.1, 0.15) is 78.6 Å². The van der Waals surface area contributed by atoms with E-state index in [4.69, 9.17) is 9.47 Å². The maximum absolute atomic E-state index is 12.6. The van der Waals surface area contributed by atoms with Crippen molar-refractivity contribution in [3.8, 4) is 0 Å². The third-order valence-electron chi connectivity index (χ3n) is 5.96. The van der Waals surface area contributed by atoms with Gasteiger partial charge in [0.15, 0.2) is 5.79 Å². The Morgan fingerprint density at radius 3 is 2.62 bits per heavy atom. The maximum Gasteiger partial charge on any atom is 0.311 e. The van der Waals surface area contributed by atoms with E-state index in [9.17, 15) is 20.1 Å². The lowest BCUT2D eigenvalue weighted by Gasteiger charge is -2.41. The van der Waals surface area contributed by atoms with Crippen molar-refractivity contribution in [2.24, 2.45) is 5.92 Å². The lowest BCUT2D eigenvalue weighted by molar-refractivity contribution is -0.278. The summed E-state index contributed by atoms with van der Waals surface area (Å²) in [6.45, 7) is 5.88. The second-order valence-electron chi connectivity index (χ2n) is 9.01. The predicted octanol–water partition coefficient (Wildman–Crippen LogP) is 3.39. The first-order valence-corrected chi connectivity index (χ1v) is 10.9. The van der Waals surface area contributed by atoms with E-state index in [1.807, 2.05) is 32.1 Å². The van der Waals surface area contributed by atoms with E-state index in [-0.39, 0.29) is 24.9 Å². The Hall–Kier alpha value is -1.21. The van der Waals surface area contributed by atoms with Crippen LogP contribution in [0.3, 0.4) is 0 Å². The van der Waals surface area contributed by atoms with E-state index in [1.165, 1.54) is 0 Å². The molecule has 0 aromatic carbocycles. The number of ether oxygens (including phenoxy) is 2. The molecule has 6 nitrogen and oxygen atoms in total.